The summed E-state index contributed by atoms with van der Waals surface area (Å²) >= 11 is 0. The van der Waals surface area contributed by atoms with E-state index in [2.05, 4.69) is 35.6 Å². The predicted molar refractivity (Wildman–Crippen MR) is 78.4 cm³/mol. The van der Waals surface area contributed by atoms with Crippen molar-refractivity contribution in [1.82, 2.24) is 0 Å². The zero-order valence-corrected chi connectivity index (χ0v) is 12.9. The molecule has 0 N–H and O–H groups in total. The molecule has 1 aromatic rings. The summed E-state index contributed by atoms with van der Waals surface area (Å²) in [7, 11) is 3.05. The molecular weight excluding hydrogens is 252 g/mol. The van der Waals surface area contributed by atoms with Gasteiger partial charge < -0.3 is 9.16 Å². The molecule has 19 heavy (non-hydrogen) atoms. The molecule has 1 aliphatic carbocycles. The van der Waals surface area contributed by atoms with Crippen molar-refractivity contribution >= 4 is 10.5 Å². The topological polar surface area (TPSA) is 18.5 Å². The van der Waals surface area contributed by atoms with Gasteiger partial charge in [-0.2, -0.15) is 0 Å². The molecule has 1 unspecified atom stereocenters. The van der Waals surface area contributed by atoms with Crippen LogP contribution in [-0.2, 0) is 9.84 Å². The standard InChI is InChI=1S/C16H23O2Si/c1-3-16(11-7-4-8-12-16)14-9-5-6-10-15(14)17-13(2)18-19/h5-6,9-10,13H,3-4,7-8,11-12H2,1-2H3. The Morgan fingerprint density at radius 1 is 1.21 bits per heavy atom. The van der Waals surface area contributed by atoms with Crippen LogP contribution in [0.5, 0.6) is 5.75 Å². The summed E-state index contributed by atoms with van der Waals surface area (Å²) in [4.78, 5) is 0. The quantitative estimate of drug-likeness (QED) is 0.594. The molecule has 1 aliphatic rings. The molecule has 1 aromatic carbocycles. The van der Waals surface area contributed by atoms with Crippen LogP contribution in [0, 0.1) is 0 Å². The van der Waals surface area contributed by atoms with Crippen molar-refractivity contribution in [2.45, 2.75) is 64.1 Å². The van der Waals surface area contributed by atoms with E-state index in [0.29, 0.717) is 5.41 Å². The molecule has 103 valence electrons. The minimum atomic E-state index is -0.282. The van der Waals surface area contributed by atoms with Gasteiger partial charge in [-0.3, -0.25) is 0 Å². The first-order chi connectivity index (χ1) is 9.22. The first-order valence-corrected chi connectivity index (χ1v) is 7.71. The molecule has 0 heterocycles. The lowest BCUT2D eigenvalue weighted by molar-refractivity contribution is 0.0272. The van der Waals surface area contributed by atoms with E-state index in [9.17, 15) is 0 Å². The summed E-state index contributed by atoms with van der Waals surface area (Å²) < 4.78 is 11.0. The highest BCUT2D eigenvalue weighted by Crippen LogP contribution is 2.45. The van der Waals surface area contributed by atoms with Crippen LogP contribution >= 0.6 is 0 Å². The summed E-state index contributed by atoms with van der Waals surface area (Å²) in [5, 5.41) is 0. The fraction of sp³-hybridized carbons (Fsp3) is 0.625. The molecule has 3 radical (unpaired) electrons. The lowest BCUT2D eigenvalue weighted by atomic mass is 9.67. The predicted octanol–water partition coefficient (Wildman–Crippen LogP) is 4.12. The van der Waals surface area contributed by atoms with Gasteiger partial charge in [0.05, 0.1) is 0 Å². The van der Waals surface area contributed by atoms with Crippen molar-refractivity contribution < 1.29 is 9.16 Å². The van der Waals surface area contributed by atoms with Crippen LogP contribution in [0.1, 0.15) is 57.9 Å². The number of benzene rings is 1. The third-order valence-corrected chi connectivity index (χ3v) is 4.74. The fourth-order valence-corrected chi connectivity index (χ4v) is 3.30. The Morgan fingerprint density at radius 2 is 1.89 bits per heavy atom. The van der Waals surface area contributed by atoms with Gasteiger partial charge in [-0.15, -0.1) is 0 Å². The zero-order chi connectivity index (χ0) is 13.7. The monoisotopic (exact) mass is 275 g/mol. The molecule has 1 saturated carbocycles. The van der Waals surface area contributed by atoms with Crippen LogP contribution in [0.25, 0.3) is 0 Å². The minimum absolute atomic E-state index is 0.282. The lowest BCUT2D eigenvalue weighted by Gasteiger charge is -2.38. The molecule has 3 heteroatoms. The smallest absolute Gasteiger partial charge is 0.251 e. The second-order valence-electron chi connectivity index (χ2n) is 5.49. The molecule has 0 amide bonds. The summed E-state index contributed by atoms with van der Waals surface area (Å²) in [6, 6.07) is 8.44. The van der Waals surface area contributed by atoms with Crippen molar-refractivity contribution in [1.29, 1.82) is 0 Å². The maximum absolute atomic E-state index is 5.90. The highest BCUT2D eigenvalue weighted by atomic mass is 28.2. The van der Waals surface area contributed by atoms with Crippen LogP contribution in [0.15, 0.2) is 24.3 Å². The highest BCUT2D eigenvalue weighted by Gasteiger charge is 2.34. The summed E-state index contributed by atoms with van der Waals surface area (Å²) in [5.41, 5.74) is 1.65. The Balaban J connectivity index is 2.31. The van der Waals surface area contributed by atoms with E-state index in [1.54, 1.807) is 0 Å². The number of para-hydroxylation sites is 1. The van der Waals surface area contributed by atoms with E-state index in [4.69, 9.17) is 9.16 Å². The maximum atomic E-state index is 5.90. The lowest BCUT2D eigenvalue weighted by Crippen LogP contribution is -2.29. The summed E-state index contributed by atoms with van der Waals surface area (Å²) in [6.07, 6.45) is 7.45. The SMILES string of the molecule is CCC1(c2ccccc2OC(C)O[Si])CCCCC1. The van der Waals surface area contributed by atoms with Gasteiger partial charge in [0.15, 0.2) is 6.29 Å². The number of rotatable bonds is 5. The van der Waals surface area contributed by atoms with Crippen LogP contribution in [-0.4, -0.2) is 16.8 Å². The first kappa shape index (κ1) is 14.6. The molecule has 1 fully saturated rings. The van der Waals surface area contributed by atoms with E-state index in [1.165, 1.54) is 44.1 Å². The van der Waals surface area contributed by atoms with Gasteiger partial charge in [0.1, 0.15) is 5.75 Å². The van der Waals surface area contributed by atoms with Gasteiger partial charge in [-0.25, -0.2) is 0 Å². The third-order valence-electron chi connectivity index (χ3n) is 4.40. The van der Waals surface area contributed by atoms with Crippen molar-refractivity contribution in [3.63, 3.8) is 0 Å². The van der Waals surface area contributed by atoms with Gasteiger partial charge in [0, 0.05) is 5.56 Å². The van der Waals surface area contributed by atoms with Gasteiger partial charge in [0.2, 0.25) is 0 Å². The summed E-state index contributed by atoms with van der Waals surface area (Å²) in [6.45, 7) is 4.19. The van der Waals surface area contributed by atoms with Gasteiger partial charge in [-0.1, -0.05) is 44.4 Å². The van der Waals surface area contributed by atoms with Gasteiger partial charge in [-0.05, 0) is 37.7 Å². The minimum Gasteiger partial charge on any atom is -0.466 e. The van der Waals surface area contributed by atoms with E-state index in [0.717, 1.165) is 5.75 Å². The highest BCUT2D eigenvalue weighted by molar-refractivity contribution is 5.98. The average molecular weight is 275 g/mol. The van der Waals surface area contributed by atoms with Crippen molar-refractivity contribution in [2.24, 2.45) is 0 Å². The van der Waals surface area contributed by atoms with Crippen LogP contribution < -0.4 is 4.74 Å². The van der Waals surface area contributed by atoms with Crippen molar-refractivity contribution in [2.75, 3.05) is 0 Å². The van der Waals surface area contributed by atoms with Gasteiger partial charge in [0.25, 0.3) is 10.5 Å². The van der Waals surface area contributed by atoms with Crippen LogP contribution in [0.3, 0.4) is 0 Å². The second kappa shape index (κ2) is 6.57. The van der Waals surface area contributed by atoms with Crippen LogP contribution in [0.4, 0.5) is 0 Å². The number of hydrogen-bond acceptors (Lipinski definition) is 2. The Morgan fingerprint density at radius 3 is 2.53 bits per heavy atom. The molecule has 1 atom stereocenters. The molecule has 0 aliphatic heterocycles. The Kier molecular flexibility index (Phi) is 5.05. The fourth-order valence-electron chi connectivity index (χ4n) is 3.25. The van der Waals surface area contributed by atoms with E-state index in [-0.39, 0.29) is 6.29 Å². The van der Waals surface area contributed by atoms with E-state index in [1.807, 2.05) is 13.0 Å². The van der Waals surface area contributed by atoms with E-state index < -0.39 is 0 Å². The third kappa shape index (κ3) is 3.21. The number of hydrogen-bond donors (Lipinski definition) is 0. The Bertz CT molecular complexity index is 399. The first-order valence-electron chi connectivity index (χ1n) is 7.30. The normalized spacial score (nSPS) is 19.9. The summed E-state index contributed by atoms with van der Waals surface area (Å²) in [5.74, 6) is 0.969. The Hall–Kier alpha value is -0.803. The Labute approximate surface area is 120 Å². The molecule has 2 nitrogen and oxygen atoms in total. The largest absolute Gasteiger partial charge is 0.466 e. The van der Waals surface area contributed by atoms with Crippen molar-refractivity contribution in [3.05, 3.63) is 29.8 Å². The molecular formula is C16H23O2Si. The molecule has 0 aromatic heterocycles. The van der Waals surface area contributed by atoms with Crippen molar-refractivity contribution in [3.8, 4) is 5.75 Å². The molecule has 0 spiro atoms. The second-order valence-corrected chi connectivity index (χ2v) is 5.73. The van der Waals surface area contributed by atoms with Gasteiger partial charge >= 0.3 is 0 Å². The van der Waals surface area contributed by atoms with Crippen LogP contribution in [0.2, 0.25) is 0 Å². The van der Waals surface area contributed by atoms with E-state index >= 15 is 0 Å². The molecule has 0 bridgehead atoms. The molecule has 0 saturated heterocycles. The molecule has 2 rings (SSSR count). The average Bonchev–Trinajstić information content (AvgIpc) is 2.48. The maximum Gasteiger partial charge on any atom is 0.251 e. The number of ether oxygens (including phenoxy) is 1. The zero-order valence-electron chi connectivity index (χ0n) is 11.9.